The molecule has 0 fully saturated rings. The molecule has 0 spiro atoms. The SMILES string of the molecule is CCOS(=O)(=O)c1ccc(C)cc1OCCN(C)C(=O)OC(C)(C)C. The molecule has 7 nitrogen and oxygen atoms in total. The molecule has 1 amide bonds. The summed E-state index contributed by atoms with van der Waals surface area (Å²) in [5.41, 5.74) is 0.271. The van der Waals surface area contributed by atoms with Gasteiger partial charge < -0.3 is 14.4 Å². The van der Waals surface area contributed by atoms with Crippen LogP contribution in [0.3, 0.4) is 0 Å². The van der Waals surface area contributed by atoms with Gasteiger partial charge in [-0.3, -0.25) is 4.18 Å². The number of nitrogens with zero attached hydrogens (tertiary/aromatic N) is 1. The zero-order valence-electron chi connectivity index (χ0n) is 15.7. The number of aryl methyl sites for hydroxylation is 1. The summed E-state index contributed by atoms with van der Waals surface area (Å²) in [5.74, 6) is 0.200. The van der Waals surface area contributed by atoms with E-state index in [-0.39, 0.29) is 30.4 Å². The topological polar surface area (TPSA) is 82.1 Å². The number of likely N-dealkylation sites (N-methyl/N-ethyl adjacent to an activating group) is 1. The van der Waals surface area contributed by atoms with Crippen molar-refractivity contribution in [2.45, 2.75) is 45.1 Å². The Morgan fingerprint density at radius 2 is 1.88 bits per heavy atom. The fraction of sp³-hybridized carbons (Fsp3) is 0.588. The van der Waals surface area contributed by atoms with E-state index in [1.807, 2.05) is 6.92 Å². The number of benzene rings is 1. The molecule has 0 aliphatic heterocycles. The Morgan fingerprint density at radius 1 is 1.24 bits per heavy atom. The molecule has 142 valence electrons. The van der Waals surface area contributed by atoms with E-state index in [1.165, 1.54) is 11.0 Å². The Labute approximate surface area is 150 Å². The summed E-state index contributed by atoms with van der Waals surface area (Å²) in [6, 6.07) is 4.75. The van der Waals surface area contributed by atoms with Crippen LogP contribution in [0.1, 0.15) is 33.3 Å². The van der Waals surface area contributed by atoms with E-state index in [9.17, 15) is 13.2 Å². The van der Waals surface area contributed by atoms with Gasteiger partial charge in [0.15, 0.2) is 0 Å². The number of ether oxygens (including phenoxy) is 2. The average molecular weight is 373 g/mol. The van der Waals surface area contributed by atoms with Crippen LogP contribution in [0.2, 0.25) is 0 Å². The van der Waals surface area contributed by atoms with Crippen molar-refractivity contribution in [3.05, 3.63) is 23.8 Å². The van der Waals surface area contributed by atoms with Gasteiger partial charge >= 0.3 is 16.2 Å². The molecule has 1 aromatic rings. The van der Waals surface area contributed by atoms with Gasteiger partial charge in [0.1, 0.15) is 22.9 Å². The molecule has 0 unspecified atom stereocenters. The van der Waals surface area contributed by atoms with Gasteiger partial charge in [0.05, 0.1) is 13.2 Å². The van der Waals surface area contributed by atoms with Gasteiger partial charge in [-0.1, -0.05) is 6.07 Å². The van der Waals surface area contributed by atoms with Gasteiger partial charge in [-0.25, -0.2) is 4.79 Å². The minimum Gasteiger partial charge on any atom is -0.490 e. The van der Waals surface area contributed by atoms with E-state index < -0.39 is 21.8 Å². The number of hydrogen-bond donors (Lipinski definition) is 0. The van der Waals surface area contributed by atoms with Crippen molar-refractivity contribution in [2.24, 2.45) is 0 Å². The zero-order chi connectivity index (χ0) is 19.3. The van der Waals surface area contributed by atoms with Crippen molar-refractivity contribution in [3.63, 3.8) is 0 Å². The number of amides is 1. The van der Waals surface area contributed by atoms with Crippen molar-refractivity contribution in [3.8, 4) is 5.75 Å². The van der Waals surface area contributed by atoms with Gasteiger partial charge in [0.2, 0.25) is 0 Å². The summed E-state index contributed by atoms with van der Waals surface area (Å²) in [7, 11) is -2.29. The van der Waals surface area contributed by atoms with Gasteiger partial charge in [-0.05, 0) is 52.3 Å². The molecule has 0 saturated heterocycles. The highest BCUT2D eigenvalue weighted by atomic mass is 32.2. The van der Waals surface area contributed by atoms with Gasteiger partial charge in [-0.15, -0.1) is 0 Å². The lowest BCUT2D eigenvalue weighted by molar-refractivity contribution is 0.0277. The average Bonchev–Trinajstić information content (AvgIpc) is 2.45. The quantitative estimate of drug-likeness (QED) is 0.684. The molecule has 0 radical (unpaired) electrons. The molecular weight excluding hydrogens is 346 g/mol. The van der Waals surface area contributed by atoms with E-state index in [1.54, 1.807) is 46.9 Å². The minimum absolute atomic E-state index is 0.0279. The highest BCUT2D eigenvalue weighted by Crippen LogP contribution is 2.26. The molecule has 8 heteroatoms. The van der Waals surface area contributed by atoms with E-state index in [2.05, 4.69) is 0 Å². The Bertz CT molecular complexity index is 694. The fourth-order valence-electron chi connectivity index (χ4n) is 1.88. The van der Waals surface area contributed by atoms with Gasteiger partial charge in [0.25, 0.3) is 0 Å². The number of rotatable bonds is 7. The third-order valence-electron chi connectivity index (χ3n) is 3.03. The lowest BCUT2D eigenvalue weighted by atomic mass is 10.2. The van der Waals surface area contributed by atoms with Crippen molar-refractivity contribution in [2.75, 3.05) is 26.8 Å². The van der Waals surface area contributed by atoms with Crippen LogP contribution in [-0.4, -0.2) is 51.8 Å². The summed E-state index contributed by atoms with van der Waals surface area (Å²) >= 11 is 0. The molecule has 1 aromatic carbocycles. The lowest BCUT2D eigenvalue weighted by Gasteiger charge is -2.24. The van der Waals surface area contributed by atoms with Gasteiger partial charge in [-0.2, -0.15) is 8.42 Å². The summed E-state index contributed by atoms with van der Waals surface area (Å²) in [4.78, 5) is 13.2. The van der Waals surface area contributed by atoms with Crippen LogP contribution in [0.15, 0.2) is 23.1 Å². The fourth-order valence-corrected chi connectivity index (χ4v) is 2.91. The predicted molar refractivity (Wildman–Crippen MR) is 94.3 cm³/mol. The third kappa shape index (κ3) is 6.91. The van der Waals surface area contributed by atoms with Gasteiger partial charge in [0, 0.05) is 7.05 Å². The minimum atomic E-state index is -3.88. The standard InChI is InChI=1S/C17H27NO6S/c1-7-23-25(20,21)15-9-8-13(2)12-14(15)22-11-10-18(6)16(19)24-17(3,4)5/h8-9,12H,7,10-11H2,1-6H3. The molecule has 0 atom stereocenters. The molecular formula is C17H27NO6S. The monoisotopic (exact) mass is 373 g/mol. The molecule has 0 heterocycles. The van der Waals surface area contributed by atoms with E-state index in [0.29, 0.717) is 0 Å². The third-order valence-corrected chi connectivity index (χ3v) is 4.45. The second-order valence-corrected chi connectivity index (χ2v) is 8.14. The second kappa shape index (κ2) is 8.53. The van der Waals surface area contributed by atoms with Crippen LogP contribution in [0.25, 0.3) is 0 Å². The first kappa shape index (κ1) is 21.2. The maximum Gasteiger partial charge on any atom is 0.410 e. The normalized spacial score (nSPS) is 11.9. The summed E-state index contributed by atoms with van der Waals surface area (Å²) in [6.07, 6.45) is -0.470. The molecule has 25 heavy (non-hydrogen) atoms. The molecule has 0 bridgehead atoms. The van der Waals surface area contributed by atoms with Crippen molar-refractivity contribution < 1.29 is 26.9 Å². The van der Waals surface area contributed by atoms with Crippen molar-refractivity contribution in [1.82, 2.24) is 4.90 Å². The summed E-state index contributed by atoms with van der Waals surface area (Å²) in [6.45, 7) is 9.19. The van der Waals surface area contributed by atoms with E-state index >= 15 is 0 Å². The first-order valence-corrected chi connectivity index (χ1v) is 9.44. The smallest absolute Gasteiger partial charge is 0.410 e. The molecule has 0 aliphatic rings. The van der Waals surface area contributed by atoms with Crippen LogP contribution in [0, 0.1) is 6.92 Å². The van der Waals surface area contributed by atoms with E-state index in [4.69, 9.17) is 13.7 Å². The van der Waals surface area contributed by atoms with Crippen LogP contribution in [0.5, 0.6) is 5.75 Å². The zero-order valence-corrected chi connectivity index (χ0v) is 16.5. The molecule has 0 aromatic heterocycles. The Balaban J connectivity index is 2.78. The van der Waals surface area contributed by atoms with Crippen LogP contribution >= 0.6 is 0 Å². The maximum atomic E-state index is 12.1. The van der Waals surface area contributed by atoms with Crippen molar-refractivity contribution >= 4 is 16.2 Å². The molecule has 0 N–H and O–H groups in total. The Kier molecular flexibility index (Phi) is 7.25. The first-order chi connectivity index (χ1) is 11.5. The Morgan fingerprint density at radius 3 is 2.44 bits per heavy atom. The molecule has 0 saturated carbocycles. The number of carbonyl (C=O) groups excluding carboxylic acids is 1. The first-order valence-electron chi connectivity index (χ1n) is 8.03. The van der Waals surface area contributed by atoms with Crippen LogP contribution < -0.4 is 4.74 Å². The second-order valence-electron chi connectivity index (χ2n) is 6.56. The number of carbonyl (C=O) groups is 1. The summed E-state index contributed by atoms with van der Waals surface area (Å²) < 4.78 is 39.9. The van der Waals surface area contributed by atoms with Crippen LogP contribution in [-0.2, 0) is 19.0 Å². The lowest BCUT2D eigenvalue weighted by Crippen LogP contribution is -2.36. The van der Waals surface area contributed by atoms with E-state index in [0.717, 1.165) is 5.56 Å². The largest absolute Gasteiger partial charge is 0.490 e. The van der Waals surface area contributed by atoms with Crippen LogP contribution in [0.4, 0.5) is 4.79 Å². The summed E-state index contributed by atoms with van der Waals surface area (Å²) in [5, 5.41) is 0. The Hall–Kier alpha value is -1.80. The maximum absolute atomic E-state index is 12.1. The highest BCUT2D eigenvalue weighted by Gasteiger charge is 2.22. The number of hydrogen-bond acceptors (Lipinski definition) is 6. The van der Waals surface area contributed by atoms with Crippen molar-refractivity contribution in [1.29, 1.82) is 0 Å². The predicted octanol–water partition coefficient (Wildman–Crippen LogP) is 2.97. The molecule has 0 aliphatic carbocycles. The molecule has 1 rings (SSSR count). The highest BCUT2D eigenvalue weighted by molar-refractivity contribution is 7.86.